The molecule has 0 saturated carbocycles. The molecule has 0 fully saturated rings. The Bertz CT molecular complexity index is 269. The minimum absolute atomic E-state index is 0.403. The molecule has 0 amide bonds. The van der Waals surface area contributed by atoms with Crippen LogP contribution in [0.1, 0.15) is 20.8 Å². The molecule has 16 heavy (non-hydrogen) atoms. The van der Waals surface area contributed by atoms with E-state index in [9.17, 15) is 0 Å². The molecule has 0 spiro atoms. The van der Waals surface area contributed by atoms with Gasteiger partial charge in [-0.15, -0.1) is 0 Å². The predicted octanol–water partition coefficient (Wildman–Crippen LogP) is 4.26. The van der Waals surface area contributed by atoms with Crippen molar-refractivity contribution in [3.05, 3.63) is 29.3 Å². The summed E-state index contributed by atoms with van der Waals surface area (Å²) >= 11 is 5.43. The van der Waals surface area contributed by atoms with Crippen LogP contribution >= 0.6 is 11.6 Å². The fraction of sp³-hybridized carbons (Fsp3) is 0.538. The first-order valence-electron chi connectivity index (χ1n) is 5.95. The SMILES string of the molecule is C[CH2][Ge]([CH2]C)[CH2]C.C[Si]c1ccccc1Cl. The summed E-state index contributed by atoms with van der Waals surface area (Å²) in [4.78, 5) is 0. The zero-order valence-corrected chi connectivity index (χ0v) is 14.7. The van der Waals surface area contributed by atoms with Crippen LogP contribution in [-0.4, -0.2) is 23.9 Å². The van der Waals surface area contributed by atoms with Gasteiger partial charge in [-0.3, -0.25) is 0 Å². The maximum Gasteiger partial charge on any atom is 0.0793 e. The Morgan fingerprint density at radius 1 is 1.06 bits per heavy atom. The Kier molecular flexibility index (Phi) is 10.6. The third-order valence-electron chi connectivity index (χ3n) is 2.64. The van der Waals surface area contributed by atoms with Gasteiger partial charge in [0.15, 0.2) is 0 Å². The molecule has 3 heteroatoms. The van der Waals surface area contributed by atoms with Crippen LogP contribution in [0.15, 0.2) is 24.3 Å². The molecule has 0 nitrogen and oxygen atoms in total. The quantitative estimate of drug-likeness (QED) is 0.729. The van der Waals surface area contributed by atoms with E-state index in [1.54, 1.807) is 0 Å². The maximum atomic E-state index is 5.83. The molecule has 1 aromatic carbocycles. The van der Waals surface area contributed by atoms with Gasteiger partial charge in [0.2, 0.25) is 0 Å². The monoisotopic (exact) mass is 315 g/mol. The minimum Gasteiger partial charge on any atom is -0.0845 e. The van der Waals surface area contributed by atoms with Crippen LogP contribution in [0.4, 0.5) is 0 Å². The third-order valence-corrected chi connectivity index (χ3v) is 10.4. The Morgan fingerprint density at radius 3 is 1.81 bits per heavy atom. The van der Waals surface area contributed by atoms with Crippen molar-refractivity contribution in [2.75, 3.05) is 0 Å². The Labute approximate surface area is 113 Å². The van der Waals surface area contributed by atoms with Gasteiger partial charge in [-0.05, 0) is 11.3 Å². The molecule has 0 aromatic heterocycles. The van der Waals surface area contributed by atoms with Crippen LogP contribution in [0.25, 0.3) is 0 Å². The summed E-state index contributed by atoms with van der Waals surface area (Å²) in [6, 6.07) is 7.94. The van der Waals surface area contributed by atoms with E-state index in [1.165, 1.54) is 20.9 Å². The summed E-state index contributed by atoms with van der Waals surface area (Å²) in [6.45, 7) is 9.13. The van der Waals surface area contributed by atoms with Crippen LogP contribution in [0, 0.1) is 0 Å². The van der Waals surface area contributed by atoms with Crippen molar-refractivity contribution >= 4 is 40.7 Å². The van der Waals surface area contributed by atoms with Gasteiger partial charge in [-0.25, -0.2) is 0 Å². The Hall–Kier alpha value is 0.270. The standard InChI is InChI=1S/C7H7ClSi.C6H15Ge/c1-9-7-5-3-2-4-6(7)8;1-4-7(5-2)6-3/h2-5H,1H3;4-6H2,1-3H3. The van der Waals surface area contributed by atoms with Gasteiger partial charge >= 0.3 is 50.9 Å². The first-order chi connectivity index (χ1) is 7.69. The van der Waals surface area contributed by atoms with Gasteiger partial charge in [0, 0.05) is 5.02 Å². The number of halogens is 1. The van der Waals surface area contributed by atoms with E-state index < -0.39 is 14.3 Å². The second kappa shape index (κ2) is 10.4. The van der Waals surface area contributed by atoms with Crippen LogP contribution in [0.3, 0.4) is 0 Å². The van der Waals surface area contributed by atoms with Gasteiger partial charge in [0.05, 0.1) is 9.52 Å². The molecule has 0 aliphatic carbocycles. The molecule has 0 aliphatic heterocycles. The molecule has 89 valence electrons. The summed E-state index contributed by atoms with van der Waals surface area (Å²) in [5, 5.41) is 6.70. The topological polar surface area (TPSA) is 0 Å². The second-order valence-corrected chi connectivity index (χ2v) is 12.6. The molecule has 0 heterocycles. The van der Waals surface area contributed by atoms with E-state index >= 15 is 0 Å². The summed E-state index contributed by atoms with van der Waals surface area (Å²) < 4.78 is 0. The molecular formula is C13H22ClGeSi. The summed E-state index contributed by atoms with van der Waals surface area (Å²) in [6.07, 6.45) is 0. The van der Waals surface area contributed by atoms with E-state index in [1.807, 2.05) is 18.2 Å². The smallest absolute Gasteiger partial charge is 0.0793 e. The Morgan fingerprint density at radius 2 is 1.56 bits per heavy atom. The largest absolute Gasteiger partial charge is 0.0845 e. The molecular weight excluding hydrogens is 292 g/mol. The van der Waals surface area contributed by atoms with E-state index in [0.717, 1.165) is 14.5 Å². The van der Waals surface area contributed by atoms with Crippen molar-refractivity contribution in [1.82, 2.24) is 0 Å². The van der Waals surface area contributed by atoms with Gasteiger partial charge in [-0.1, -0.05) is 36.3 Å². The molecule has 3 radical (unpaired) electrons. The van der Waals surface area contributed by atoms with E-state index in [-0.39, 0.29) is 0 Å². The fourth-order valence-corrected chi connectivity index (χ4v) is 5.57. The number of rotatable bonds is 4. The van der Waals surface area contributed by atoms with E-state index in [2.05, 4.69) is 33.4 Å². The minimum atomic E-state index is -0.403. The van der Waals surface area contributed by atoms with Gasteiger partial charge in [-0.2, -0.15) is 0 Å². The summed E-state index contributed by atoms with van der Waals surface area (Å²) in [7, 11) is 0.797. The summed E-state index contributed by atoms with van der Waals surface area (Å²) in [5.41, 5.74) is 0. The second-order valence-electron chi connectivity index (χ2n) is 3.54. The average molecular weight is 314 g/mol. The van der Waals surface area contributed by atoms with Crippen molar-refractivity contribution < 1.29 is 0 Å². The summed E-state index contributed by atoms with van der Waals surface area (Å²) in [5.74, 6) is 0. The predicted molar refractivity (Wildman–Crippen MR) is 79.9 cm³/mol. The molecule has 0 N–H and O–H groups in total. The van der Waals surface area contributed by atoms with Crippen molar-refractivity contribution in [1.29, 1.82) is 0 Å². The van der Waals surface area contributed by atoms with Crippen LogP contribution < -0.4 is 5.19 Å². The van der Waals surface area contributed by atoms with Crippen molar-refractivity contribution in [3.8, 4) is 0 Å². The number of hydrogen-bond acceptors (Lipinski definition) is 0. The fourth-order valence-electron chi connectivity index (χ4n) is 1.41. The van der Waals surface area contributed by atoms with Crippen molar-refractivity contribution in [3.63, 3.8) is 0 Å². The van der Waals surface area contributed by atoms with E-state index in [4.69, 9.17) is 11.6 Å². The first-order valence-corrected chi connectivity index (χ1v) is 12.3. The Balaban J connectivity index is 0.000000293. The number of hydrogen-bond donors (Lipinski definition) is 0. The zero-order valence-electron chi connectivity index (χ0n) is 10.8. The average Bonchev–Trinajstić information content (AvgIpc) is 2.33. The van der Waals surface area contributed by atoms with Crippen molar-refractivity contribution in [2.24, 2.45) is 0 Å². The first kappa shape index (κ1) is 16.3. The molecule has 0 atom stereocenters. The van der Waals surface area contributed by atoms with Crippen LogP contribution in [0.2, 0.25) is 27.3 Å². The van der Waals surface area contributed by atoms with Gasteiger partial charge in [0.25, 0.3) is 0 Å². The number of benzene rings is 1. The normalized spacial score (nSPS) is 9.88. The maximum absolute atomic E-state index is 5.83. The molecule has 1 rings (SSSR count). The van der Waals surface area contributed by atoms with Gasteiger partial charge in [0.1, 0.15) is 0 Å². The molecule has 0 saturated heterocycles. The van der Waals surface area contributed by atoms with E-state index in [0.29, 0.717) is 0 Å². The third kappa shape index (κ3) is 6.77. The molecule has 1 aromatic rings. The molecule has 0 aliphatic rings. The zero-order chi connectivity index (χ0) is 12.4. The molecule has 0 unspecified atom stereocenters. The van der Waals surface area contributed by atoms with Gasteiger partial charge < -0.3 is 0 Å². The van der Waals surface area contributed by atoms with Crippen molar-refractivity contribution in [2.45, 2.75) is 43.1 Å². The van der Waals surface area contributed by atoms with Crippen LogP contribution in [-0.2, 0) is 0 Å². The van der Waals surface area contributed by atoms with Crippen LogP contribution in [0.5, 0.6) is 0 Å². The molecule has 0 bridgehead atoms.